The van der Waals surface area contributed by atoms with Crippen LogP contribution in [0.3, 0.4) is 0 Å². The first-order valence-corrected chi connectivity index (χ1v) is 3.65. The van der Waals surface area contributed by atoms with Crippen molar-refractivity contribution < 1.29 is 4.74 Å². The molecule has 1 saturated heterocycles. The van der Waals surface area contributed by atoms with Crippen molar-refractivity contribution in [2.45, 2.75) is 0 Å². The van der Waals surface area contributed by atoms with E-state index in [2.05, 4.69) is 13.2 Å². The number of nitrogens with two attached hydrogens (primary N) is 1. The van der Waals surface area contributed by atoms with Gasteiger partial charge in [-0.15, -0.1) is 0 Å². The molecule has 0 unspecified atom stereocenters. The van der Waals surface area contributed by atoms with Crippen LogP contribution in [0.2, 0.25) is 0 Å². The maximum atomic E-state index is 5.65. The van der Waals surface area contributed by atoms with Crippen molar-refractivity contribution in [1.29, 1.82) is 0 Å². The molecule has 0 amide bonds. The average Bonchev–Trinajstić information content (AvgIpc) is 1.94. The highest BCUT2D eigenvalue weighted by Gasteiger charge is 2.20. The van der Waals surface area contributed by atoms with Crippen LogP contribution in [-0.4, -0.2) is 24.8 Å². The Kier molecular flexibility index (Phi) is 2.68. The Labute approximate surface area is 67.1 Å². The third-order valence-corrected chi connectivity index (χ3v) is 1.77. The van der Waals surface area contributed by atoms with Crippen LogP contribution in [0, 0.1) is 5.92 Å². The van der Waals surface area contributed by atoms with E-state index in [4.69, 9.17) is 10.6 Å². The molecule has 0 aromatic heterocycles. The lowest BCUT2D eigenvalue weighted by Crippen LogP contribution is -2.41. The van der Waals surface area contributed by atoms with E-state index in [0.717, 1.165) is 25.5 Å². The summed E-state index contributed by atoms with van der Waals surface area (Å²) in [6.45, 7) is 9.75. The van der Waals surface area contributed by atoms with Crippen LogP contribution < -0.4 is 5.84 Å². The molecular formula is C8H14N2O. The van der Waals surface area contributed by atoms with Crippen LogP contribution in [0.4, 0.5) is 0 Å². The minimum atomic E-state index is 0.566. The molecule has 1 aliphatic heterocycles. The maximum absolute atomic E-state index is 5.65. The molecule has 0 aliphatic carbocycles. The second kappa shape index (κ2) is 3.55. The Hall–Kier alpha value is -0.800. The first-order chi connectivity index (χ1) is 5.24. The maximum Gasteiger partial charge on any atom is 0.0534 e. The van der Waals surface area contributed by atoms with Crippen molar-refractivity contribution >= 4 is 0 Å². The van der Waals surface area contributed by atoms with Gasteiger partial charge in [-0.1, -0.05) is 13.2 Å². The van der Waals surface area contributed by atoms with E-state index in [1.165, 1.54) is 0 Å². The number of ether oxygens (including phenoxy) is 1. The number of hydrogen-bond acceptors (Lipinski definition) is 3. The molecule has 2 N–H and O–H groups in total. The quantitative estimate of drug-likeness (QED) is 0.364. The largest absolute Gasteiger partial charge is 0.381 e. The van der Waals surface area contributed by atoms with E-state index < -0.39 is 0 Å². The van der Waals surface area contributed by atoms with Gasteiger partial charge in [0.1, 0.15) is 0 Å². The second-order valence-corrected chi connectivity index (χ2v) is 2.75. The summed E-state index contributed by atoms with van der Waals surface area (Å²) in [6, 6.07) is 0. The van der Waals surface area contributed by atoms with Crippen molar-refractivity contribution in [3.63, 3.8) is 0 Å². The topological polar surface area (TPSA) is 38.5 Å². The van der Waals surface area contributed by atoms with E-state index in [-0.39, 0.29) is 0 Å². The standard InChI is InChI=1S/C8H14N2O/c1-3-7(2)10(9)4-8-5-11-6-8/h3,8H,1-2,4-6,9H2. The first kappa shape index (κ1) is 8.30. The van der Waals surface area contributed by atoms with Crippen LogP contribution in [0.15, 0.2) is 24.9 Å². The number of rotatable bonds is 4. The van der Waals surface area contributed by atoms with Gasteiger partial charge in [0.15, 0.2) is 0 Å². The number of allylic oxidation sites excluding steroid dienone is 1. The minimum absolute atomic E-state index is 0.566. The minimum Gasteiger partial charge on any atom is -0.381 e. The third-order valence-electron chi connectivity index (χ3n) is 1.77. The predicted octanol–water partition coefficient (Wildman–Crippen LogP) is 0.508. The van der Waals surface area contributed by atoms with Crippen LogP contribution in [-0.2, 0) is 4.74 Å². The van der Waals surface area contributed by atoms with Crippen LogP contribution in [0.1, 0.15) is 0 Å². The van der Waals surface area contributed by atoms with Crippen LogP contribution in [0.5, 0.6) is 0 Å². The van der Waals surface area contributed by atoms with E-state index in [0.29, 0.717) is 5.92 Å². The molecule has 1 heterocycles. The fourth-order valence-electron chi connectivity index (χ4n) is 0.903. The van der Waals surface area contributed by atoms with Gasteiger partial charge in [0.25, 0.3) is 0 Å². The Morgan fingerprint density at radius 2 is 2.36 bits per heavy atom. The molecule has 3 nitrogen and oxygen atoms in total. The van der Waals surface area contributed by atoms with Crippen LogP contribution in [0.25, 0.3) is 0 Å². The zero-order valence-electron chi connectivity index (χ0n) is 6.62. The van der Waals surface area contributed by atoms with Gasteiger partial charge in [-0.2, -0.15) is 0 Å². The summed E-state index contributed by atoms with van der Waals surface area (Å²) < 4.78 is 5.01. The molecule has 0 bridgehead atoms. The molecule has 0 radical (unpaired) electrons. The van der Waals surface area contributed by atoms with Crippen molar-refractivity contribution in [2.24, 2.45) is 11.8 Å². The van der Waals surface area contributed by atoms with Gasteiger partial charge in [0.2, 0.25) is 0 Å². The average molecular weight is 154 g/mol. The number of hydrogen-bond donors (Lipinski definition) is 1. The van der Waals surface area contributed by atoms with E-state index >= 15 is 0 Å². The molecule has 11 heavy (non-hydrogen) atoms. The highest BCUT2D eigenvalue weighted by Crippen LogP contribution is 2.11. The summed E-state index contributed by atoms with van der Waals surface area (Å²) in [5, 5.41) is 1.61. The zero-order chi connectivity index (χ0) is 8.27. The highest BCUT2D eigenvalue weighted by molar-refractivity contribution is 5.08. The Morgan fingerprint density at radius 1 is 1.73 bits per heavy atom. The van der Waals surface area contributed by atoms with Crippen LogP contribution >= 0.6 is 0 Å². The fourth-order valence-corrected chi connectivity index (χ4v) is 0.903. The highest BCUT2D eigenvalue weighted by atomic mass is 16.5. The number of hydrazine groups is 1. The summed E-state index contributed by atoms with van der Waals surface area (Å²) in [5.74, 6) is 6.21. The van der Waals surface area contributed by atoms with Crippen molar-refractivity contribution in [2.75, 3.05) is 19.8 Å². The lowest BCUT2D eigenvalue weighted by Gasteiger charge is -2.30. The Balaban J connectivity index is 2.23. The smallest absolute Gasteiger partial charge is 0.0534 e. The van der Waals surface area contributed by atoms with Gasteiger partial charge in [-0.3, -0.25) is 0 Å². The third kappa shape index (κ3) is 2.06. The predicted molar refractivity (Wildman–Crippen MR) is 44.5 cm³/mol. The van der Waals surface area contributed by atoms with E-state index in [1.54, 1.807) is 11.1 Å². The summed E-state index contributed by atoms with van der Waals surface area (Å²) in [7, 11) is 0. The summed E-state index contributed by atoms with van der Waals surface area (Å²) in [4.78, 5) is 0. The molecule has 0 atom stereocenters. The molecule has 62 valence electrons. The zero-order valence-corrected chi connectivity index (χ0v) is 6.62. The van der Waals surface area contributed by atoms with E-state index in [1.807, 2.05) is 0 Å². The lowest BCUT2D eigenvalue weighted by atomic mass is 10.1. The lowest BCUT2D eigenvalue weighted by molar-refractivity contribution is -0.0425. The van der Waals surface area contributed by atoms with Gasteiger partial charge < -0.3 is 9.75 Å². The molecule has 3 heteroatoms. The Morgan fingerprint density at radius 3 is 2.73 bits per heavy atom. The van der Waals surface area contributed by atoms with Gasteiger partial charge in [0.05, 0.1) is 13.2 Å². The molecule has 1 fully saturated rings. The molecule has 0 spiro atoms. The van der Waals surface area contributed by atoms with E-state index in [9.17, 15) is 0 Å². The molecule has 0 saturated carbocycles. The van der Waals surface area contributed by atoms with Gasteiger partial charge in [-0.05, 0) is 6.08 Å². The molecule has 0 aromatic rings. The molecular weight excluding hydrogens is 140 g/mol. The van der Waals surface area contributed by atoms with Crippen molar-refractivity contribution in [1.82, 2.24) is 5.01 Å². The fraction of sp³-hybridized carbons (Fsp3) is 0.500. The Bertz CT molecular complexity index is 163. The van der Waals surface area contributed by atoms with Gasteiger partial charge >= 0.3 is 0 Å². The molecule has 1 aliphatic rings. The normalized spacial score (nSPS) is 17.2. The summed E-state index contributed by atoms with van der Waals surface area (Å²) >= 11 is 0. The van der Waals surface area contributed by atoms with Crippen molar-refractivity contribution in [3.05, 3.63) is 24.9 Å². The number of nitrogens with zero attached hydrogens (tertiary/aromatic N) is 1. The van der Waals surface area contributed by atoms with Gasteiger partial charge in [-0.25, -0.2) is 5.84 Å². The summed E-state index contributed by atoms with van der Waals surface area (Å²) in [5.41, 5.74) is 0.761. The van der Waals surface area contributed by atoms with Gasteiger partial charge in [0, 0.05) is 18.2 Å². The monoisotopic (exact) mass is 154 g/mol. The van der Waals surface area contributed by atoms with Crippen molar-refractivity contribution in [3.8, 4) is 0 Å². The molecule has 1 rings (SSSR count). The summed E-state index contributed by atoms with van der Waals surface area (Å²) in [6.07, 6.45) is 1.65. The first-order valence-electron chi connectivity index (χ1n) is 3.65. The second-order valence-electron chi connectivity index (χ2n) is 2.75. The SMILES string of the molecule is C=CC(=C)N(N)CC1COC1. The molecule has 0 aromatic carbocycles.